The molecule has 0 saturated heterocycles. The highest BCUT2D eigenvalue weighted by Crippen LogP contribution is 2.19. The average Bonchev–Trinajstić information content (AvgIpc) is 2.26. The summed E-state index contributed by atoms with van der Waals surface area (Å²) >= 11 is 0. The number of aliphatic carboxylic acids is 1. The van der Waals surface area contributed by atoms with E-state index in [2.05, 4.69) is 10.3 Å². The molecule has 0 aliphatic carbocycles. The van der Waals surface area contributed by atoms with Gasteiger partial charge in [0.2, 0.25) is 5.91 Å². The Labute approximate surface area is 92.5 Å². The standard InChI is InChI=1S/C10H13N3O3/c1-10(9(15)16,13-6-8(11)14)7-3-2-4-12-5-7/h2-5,13H,6H2,1H3,(H2,11,14)(H,15,16). The Balaban J connectivity index is 2.98. The summed E-state index contributed by atoms with van der Waals surface area (Å²) in [6.45, 7) is 1.24. The number of amides is 1. The van der Waals surface area contributed by atoms with Crippen LogP contribution in [0.3, 0.4) is 0 Å². The smallest absolute Gasteiger partial charge is 0.328 e. The van der Waals surface area contributed by atoms with Gasteiger partial charge in [0, 0.05) is 18.0 Å². The number of primary amides is 1. The minimum absolute atomic E-state index is 0.211. The molecule has 1 aromatic heterocycles. The van der Waals surface area contributed by atoms with E-state index in [1.807, 2.05) is 0 Å². The van der Waals surface area contributed by atoms with Crippen LogP contribution in [-0.4, -0.2) is 28.5 Å². The molecular weight excluding hydrogens is 210 g/mol. The van der Waals surface area contributed by atoms with Crippen LogP contribution >= 0.6 is 0 Å². The van der Waals surface area contributed by atoms with E-state index in [0.717, 1.165) is 0 Å². The van der Waals surface area contributed by atoms with Gasteiger partial charge in [0.25, 0.3) is 0 Å². The van der Waals surface area contributed by atoms with Gasteiger partial charge in [-0.25, -0.2) is 4.79 Å². The quantitative estimate of drug-likeness (QED) is 0.621. The minimum atomic E-state index is -1.37. The fourth-order valence-corrected chi connectivity index (χ4v) is 1.22. The van der Waals surface area contributed by atoms with Crippen LogP contribution in [0.15, 0.2) is 24.5 Å². The molecule has 0 aromatic carbocycles. The molecule has 6 heteroatoms. The van der Waals surface area contributed by atoms with Crippen molar-refractivity contribution in [3.63, 3.8) is 0 Å². The maximum Gasteiger partial charge on any atom is 0.328 e. The van der Waals surface area contributed by atoms with Crippen molar-refractivity contribution < 1.29 is 14.7 Å². The summed E-state index contributed by atoms with van der Waals surface area (Å²) in [6.07, 6.45) is 2.97. The van der Waals surface area contributed by atoms with Crippen LogP contribution in [0.25, 0.3) is 0 Å². The second-order valence-corrected chi connectivity index (χ2v) is 3.49. The van der Waals surface area contributed by atoms with E-state index in [9.17, 15) is 9.59 Å². The number of aromatic nitrogens is 1. The zero-order valence-electron chi connectivity index (χ0n) is 8.80. The van der Waals surface area contributed by atoms with Gasteiger partial charge in [0.15, 0.2) is 0 Å². The van der Waals surface area contributed by atoms with Crippen molar-refractivity contribution in [3.05, 3.63) is 30.1 Å². The number of carboxylic acid groups (broad SMARTS) is 1. The van der Waals surface area contributed by atoms with E-state index >= 15 is 0 Å². The molecule has 0 fully saturated rings. The first kappa shape index (κ1) is 12.1. The zero-order valence-corrected chi connectivity index (χ0v) is 8.80. The summed E-state index contributed by atoms with van der Waals surface area (Å²) in [5.74, 6) is -1.71. The van der Waals surface area contributed by atoms with Crippen LogP contribution < -0.4 is 11.1 Å². The zero-order chi connectivity index (χ0) is 12.2. The van der Waals surface area contributed by atoms with Gasteiger partial charge in [-0.15, -0.1) is 0 Å². The number of carboxylic acids is 1. The number of hydrogen-bond donors (Lipinski definition) is 3. The fourth-order valence-electron chi connectivity index (χ4n) is 1.22. The van der Waals surface area contributed by atoms with Crippen LogP contribution in [0.1, 0.15) is 12.5 Å². The topological polar surface area (TPSA) is 105 Å². The largest absolute Gasteiger partial charge is 0.480 e. The Morgan fingerprint density at radius 3 is 2.75 bits per heavy atom. The molecule has 0 radical (unpaired) electrons. The highest BCUT2D eigenvalue weighted by Gasteiger charge is 2.35. The third kappa shape index (κ3) is 2.54. The average molecular weight is 223 g/mol. The lowest BCUT2D eigenvalue weighted by molar-refractivity contribution is -0.144. The van der Waals surface area contributed by atoms with E-state index in [4.69, 9.17) is 10.8 Å². The van der Waals surface area contributed by atoms with Crippen molar-refractivity contribution >= 4 is 11.9 Å². The van der Waals surface area contributed by atoms with Crippen molar-refractivity contribution in [1.82, 2.24) is 10.3 Å². The molecule has 1 heterocycles. The second kappa shape index (κ2) is 4.71. The summed E-state index contributed by atoms with van der Waals surface area (Å²) in [4.78, 5) is 25.7. The molecule has 0 saturated carbocycles. The summed E-state index contributed by atoms with van der Waals surface area (Å²) in [7, 11) is 0. The van der Waals surface area contributed by atoms with E-state index in [1.165, 1.54) is 13.1 Å². The second-order valence-electron chi connectivity index (χ2n) is 3.49. The van der Waals surface area contributed by atoms with Gasteiger partial charge in [-0.1, -0.05) is 6.07 Å². The number of nitrogens with zero attached hydrogens (tertiary/aromatic N) is 1. The molecule has 1 atom stereocenters. The number of carbonyl (C=O) groups is 2. The number of nitrogens with one attached hydrogen (secondary N) is 1. The molecule has 0 aliphatic heterocycles. The van der Waals surface area contributed by atoms with E-state index in [0.29, 0.717) is 5.56 Å². The molecule has 1 amide bonds. The van der Waals surface area contributed by atoms with Crippen molar-refractivity contribution in [3.8, 4) is 0 Å². The highest BCUT2D eigenvalue weighted by atomic mass is 16.4. The Morgan fingerprint density at radius 1 is 1.62 bits per heavy atom. The third-order valence-corrected chi connectivity index (χ3v) is 2.28. The summed E-state index contributed by atoms with van der Waals surface area (Å²) in [5, 5.41) is 11.8. The molecule has 4 N–H and O–H groups in total. The molecule has 1 aromatic rings. The predicted octanol–water partition coefficient (Wildman–Crippen LogP) is -0.544. The first-order valence-corrected chi connectivity index (χ1v) is 4.64. The molecule has 86 valence electrons. The molecule has 1 unspecified atom stereocenters. The number of pyridine rings is 1. The molecule has 0 spiro atoms. The Hall–Kier alpha value is -1.95. The van der Waals surface area contributed by atoms with E-state index in [-0.39, 0.29) is 6.54 Å². The van der Waals surface area contributed by atoms with Crippen LogP contribution in [-0.2, 0) is 15.1 Å². The lowest BCUT2D eigenvalue weighted by Crippen LogP contribution is -2.49. The van der Waals surface area contributed by atoms with Crippen molar-refractivity contribution in [1.29, 1.82) is 0 Å². The van der Waals surface area contributed by atoms with E-state index < -0.39 is 17.4 Å². The molecule has 16 heavy (non-hydrogen) atoms. The van der Waals surface area contributed by atoms with Gasteiger partial charge in [0.1, 0.15) is 5.54 Å². The molecule has 1 rings (SSSR count). The van der Waals surface area contributed by atoms with Crippen molar-refractivity contribution in [2.24, 2.45) is 5.73 Å². The summed E-state index contributed by atoms with van der Waals surface area (Å²) in [5.41, 5.74) is 4.06. The van der Waals surface area contributed by atoms with Gasteiger partial charge >= 0.3 is 5.97 Å². The molecule has 6 nitrogen and oxygen atoms in total. The summed E-state index contributed by atoms with van der Waals surface area (Å²) < 4.78 is 0. The summed E-state index contributed by atoms with van der Waals surface area (Å²) in [6, 6.07) is 3.25. The Morgan fingerprint density at radius 2 is 2.31 bits per heavy atom. The number of rotatable bonds is 5. The minimum Gasteiger partial charge on any atom is -0.480 e. The Bertz CT molecular complexity index is 394. The number of nitrogens with two attached hydrogens (primary N) is 1. The first-order chi connectivity index (χ1) is 7.47. The van der Waals surface area contributed by atoms with Gasteiger partial charge in [-0.05, 0) is 13.0 Å². The third-order valence-electron chi connectivity index (χ3n) is 2.28. The lowest BCUT2D eigenvalue weighted by Gasteiger charge is -2.25. The predicted molar refractivity (Wildman–Crippen MR) is 56.4 cm³/mol. The number of carbonyl (C=O) groups excluding carboxylic acids is 1. The molecule has 0 bridgehead atoms. The Kier molecular flexibility index (Phi) is 3.57. The monoisotopic (exact) mass is 223 g/mol. The number of hydrogen-bond acceptors (Lipinski definition) is 4. The van der Waals surface area contributed by atoms with E-state index in [1.54, 1.807) is 18.3 Å². The fraction of sp³-hybridized carbons (Fsp3) is 0.300. The highest BCUT2D eigenvalue weighted by molar-refractivity contribution is 5.82. The molecule has 0 aliphatic rings. The first-order valence-electron chi connectivity index (χ1n) is 4.64. The maximum atomic E-state index is 11.2. The van der Waals surface area contributed by atoms with Crippen LogP contribution in [0, 0.1) is 0 Å². The van der Waals surface area contributed by atoms with Crippen molar-refractivity contribution in [2.45, 2.75) is 12.5 Å². The normalized spacial score (nSPS) is 14.1. The van der Waals surface area contributed by atoms with Crippen LogP contribution in [0.4, 0.5) is 0 Å². The SMILES string of the molecule is CC(NCC(N)=O)(C(=O)O)c1cccnc1. The van der Waals surface area contributed by atoms with Gasteiger partial charge in [-0.3, -0.25) is 15.1 Å². The van der Waals surface area contributed by atoms with Crippen LogP contribution in [0.5, 0.6) is 0 Å². The maximum absolute atomic E-state index is 11.2. The van der Waals surface area contributed by atoms with Gasteiger partial charge < -0.3 is 10.8 Å². The molecular formula is C10H13N3O3. The van der Waals surface area contributed by atoms with Gasteiger partial charge in [-0.2, -0.15) is 0 Å². The van der Waals surface area contributed by atoms with Crippen molar-refractivity contribution in [2.75, 3.05) is 6.54 Å². The van der Waals surface area contributed by atoms with Gasteiger partial charge in [0.05, 0.1) is 6.54 Å². The van der Waals surface area contributed by atoms with Crippen LogP contribution in [0.2, 0.25) is 0 Å². The lowest BCUT2D eigenvalue weighted by atomic mass is 9.93.